The van der Waals surface area contributed by atoms with Gasteiger partial charge in [-0.05, 0) is 0 Å². The van der Waals surface area contributed by atoms with E-state index in [2.05, 4.69) is 0 Å². The average molecular weight is 161 g/mol. The second kappa shape index (κ2) is 5.13. The van der Waals surface area contributed by atoms with Crippen LogP contribution in [-0.4, -0.2) is 36.4 Å². The number of hydrogen-bond donors (Lipinski definition) is 2. The predicted molar refractivity (Wildman–Crippen MR) is 19.9 cm³/mol. The Morgan fingerprint density at radius 1 is 1.14 bits per heavy atom. The minimum atomic E-state index is -4.67. The Morgan fingerprint density at radius 2 is 1.14 bits per heavy atom. The van der Waals surface area contributed by atoms with Gasteiger partial charge in [0.25, 0.3) is 0 Å². The molecule has 2 N–H and O–H groups in total. The van der Waals surface area contributed by atoms with Gasteiger partial charge in [0.05, 0.1) is 0 Å². The van der Waals surface area contributed by atoms with Crippen LogP contribution in [0.3, 0.4) is 0 Å². The Balaban J connectivity index is -0.0000000800. The first-order valence-corrected chi connectivity index (χ1v) is 2.10. The standard InChI is InChI=1S/Fe.Li.H2O4S/c;;1-5(2,3)4/h;;(H2,1,2,3,4). The van der Waals surface area contributed by atoms with Gasteiger partial charge in [-0.25, -0.2) is 0 Å². The fourth-order valence-electron chi connectivity index (χ4n) is 0. The van der Waals surface area contributed by atoms with E-state index in [0.29, 0.717) is 0 Å². The first-order chi connectivity index (χ1) is 2.00. The average Bonchev–Trinajstić information content (AvgIpc) is 0.722. The van der Waals surface area contributed by atoms with Crippen LogP contribution in [-0.2, 0) is 27.5 Å². The fraction of sp³-hybridized carbons (Fsp3) is 0. The second-order valence-electron chi connectivity index (χ2n) is 0.448. The van der Waals surface area contributed by atoms with Gasteiger partial charge >= 0.3 is 10.4 Å². The molecule has 0 saturated carbocycles. The molecule has 1 radical (unpaired) electrons. The van der Waals surface area contributed by atoms with Crippen molar-refractivity contribution in [2.45, 2.75) is 0 Å². The van der Waals surface area contributed by atoms with Crippen molar-refractivity contribution in [3.63, 3.8) is 0 Å². The summed E-state index contributed by atoms with van der Waals surface area (Å²) in [6.45, 7) is 0. The maximum Gasteiger partial charge on any atom is 0.394 e. The summed E-state index contributed by atoms with van der Waals surface area (Å²) in [4.78, 5) is 0. The molecule has 4 nitrogen and oxygen atoms in total. The third-order valence-electron chi connectivity index (χ3n) is 0. The van der Waals surface area contributed by atoms with Crippen LogP contribution in [0.15, 0.2) is 0 Å². The summed E-state index contributed by atoms with van der Waals surface area (Å²) in [7, 11) is -4.67. The van der Waals surface area contributed by atoms with Gasteiger partial charge in [0.15, 0.2) is 0 Å². The fourth-order valence-corrected chi connectivity index (χ4v) is 0. The van der Waals surface area contributed by atoms with Gasteiger partial charge < -0.3 is 0 Å². The molecule has 0 bridgehead atoms. The molecule has 0 rings (SSSR count). The van der Waals surface area contributed by atoms with Gasteiger partial charge in [-0.1, -0.05) is 0 Å². The van der Waals surface area contributed by atoms with Crippen LogP contribution < -0.4 is 0 Å². The van der Waals surface area contributed by atoms with Crippen molar-refractivity contribution >= 4 is 29.3 Å². The molecule has 0 aliphatic rings. The van der Waals surface area contributed by atoms with Crippen LogP contribution in [0.4, 0.5) is 0 Å². The van der Waals surface area contributed by atoms with Crippen LogP contribution in [0.2, 0.25) is 0 Å². The molecule has 0 aromatic carbocycles. The molecule has 0 aliphatic carbocycles. The topological polar surface area (TPSA) is 74.6 Å². The van der Waals surface area contributed by atoms with Crippen molar-refractivity contribution in [1.82, 2.24) is 0 Å². The molecule has 0 aliphatic heterocycles. The van der Waals surface area contributed by atoms with Gasteiger partial charge in [-0.2, -0.15) is 8.42 Å². The summed E-state index contributed by atoms with van der Waals surface area (Å²) >= 11 is 0. The van der Waals surface area contributed by atoms with Crippen molar-refractivity contribution in [2.24, 2.45) is 0 Å². The SMILES string of the molecule is O=S(=O)(O)O.[Fe].[Li]. The zero-order valence-corrected chi connectivity index (χ0v) is 5.39. The van der Waals surface area contributed by atoms with E-state index in [1.807, 2.05) is 0 Å². The summed E-state index contributed by atoms with van der Waals surface area (Å²) in [6.07, 6.45) is 0. The molecule has 0 aromatic heterocycles. The van der Waals surface area contributed by atoms with Crippen molar-refractivity contribution < 1.29 is 34.6 Å². The Hall–Kier alpha value is 0.987. The summed E-state index contributed by atoms with van der Waals surface area (Å²) in [5, 5.41) is 0. The van der Waals surface area contributed by atoms with Gasteiger partial charge in [0.2, 0.25) is 0 Å². The molecule has 0 amide bonds. The Kier molecular flexibility index (Phi) is 11.5. The molecule has 0 unspecified atom stereocenters. The first-order valence-electron chi connectivity index (χ1n) is 0.698. The van der Waals surface area contributed by atoms with Crippen molar-refractivity contribution in [3.05, 3.63) is 0 Å². The van der Waals surface area contributed by atoms with Crippen molar-refractivity contribution in [2.75, 3.05) is 0 Å². The monoisotopic (exact) mass is 161 g/mol. The van der Waals surface area contributed by atoms with E-state index in [9.17, 15) is 0 Å². The molecule has 0 heterocycles. The van der Waals surface area contributed by atoms with Crippen molar-refractivity contribution in [3.8, 4) is 0 Å². The third-order valence-corrected chi connectivity index (χ3v) is 0. The zero-order chi connectivity index (χ0) is 4.50. The normalized spacial score (nSPS) is 8.29. The quantitative estimate of drug-likeness (QED) is 0.351. The van der Waals surface area contributed by atoms with Crippen LogP contribution in [0.25, 0.3) is 0 Å². The summed E-state index contributed by atoms with van der Waals surface area (Å²) in [5.41, 5.74) is 0. The van der Waals surface area contributed by atoms with Gasteiger partial charge in [0.1, 0.15) is 0 Å². The minimum absolute atomic E-state index is 0. The van der Waals surface area contributed by atoms with Gasteiger partial charge in [-0.15, -0.1) is 0 Å². The second-order valence-corrected chi connectivity index (χ2v) is 1.34. The third kappa shape index (κ3) is 178. The molecule has 0 spiro atoms. The van der Waals surface area contributed by atoms with E-state index < -0.39 is 10.4 Å². The van der Waals surface area contributed by atoms with E-state index in [4.69, 9.17) is 17.5 Å². The summed E-state index contributed by atoms with van der Waals surface area (Å²) in [5.74, 6) is 0. The molecule has 0 aromatic rings. The van der Waals surface area contributed by atoms with E-state index in [1.54, 1.807) is 0 Å². The van der Waals surface area contributed by atoms with E-state index in [1.165, 1.54) is 0 Å². The van der Waals surface area contributed by atoms with Gasteiger partial charge in [0, 0.05) is 35.9 Å². The Bertz CT molecular complexity index is 94.9. The molecule has 41 valence electrons. The van der Waals surface area contributed by atoms with Crippen LogP contribution in [0.5, 0.6) is 0 Å². The van der Waals surface area contributed by atoms with Crippen LogP contribution in [0.1, 0.15) is 0 Å². The van der Waals surface area contributed by atoms with E-state index >= 15 is 0 Å². The minimum Gasteiger partial charge on any atom is -0.264 e. The molecule has 7 heavy (non-hydrogen) atoms. The first kappa shape index (κ1) is 15.7. The molecular weight excluding hydrogens is 159 g/mol. The summed E-state index contributed by atoms with van der Waals surface area (Å²) in [6, 6.07) is 0. The Labute approximate surface area is 63.9 Å². The van der Waals surface area contributed by atoms with Crippen molar-refractivity contribution in [1.29, 1.82) is 0 Å². The maximum atomic E-state index is 8.74. The molecule has 0 saturated heterocycles. The summed E-state index contributed by atoms with van der Waals surface area (Å²) < 4.78 is 31.6. The van der Waals surface area contributed by atoms with E-state index in [-0.39, 0.29) is 35.9 Å². The maximum absolute atomic E-state index is 8.74. The van der Waals surface area contributed by atoms with Crippen LogP contribution in [0, 0.1) is 0 Å². The zero-order valence-electron chi connectivity index (χ0n) is 3.47. The van der Waals surface area contributed by atoms with Crippen LogP contribution >= 0.6 is 0 Å². The molecule has 0 atom stereocenters. The number of hydrogen-bond acceptors (Lipinski definition) is 2. The molecule has 0 fully saturated rings. The molecule has 7 heteroatoms. The van der Waals surface area contributed by atoms with E-state index in [0.717, 1.165) is 0 Å². The number of rotatable bonds is 0. The largest absolute Gasteiger partial charge is 0.394 e. The van der Waals surface area contributed by atoms with Gasteiger partial charge in [-0.3, -0.25) is 9.11 Å². The predicted octanol–water partition coefficient (Wildman–Crippen LogP) is -1.04. The Morgan fingerprint density at radius 3 is 1.14 bits per heavy atom. The smallest absolute Gasteiger partial charge is 0.264 e. The molecular formula is H2FeLiO4S.